The van der Waals surface area contributed by atoms with E-state index in [2.05, 4.69) is 55.6 Å². The molecule has 0 saturated carbocycles. The molecule has 19 heteroatoms. The van der Waals surface area contributed by atoms with E-state index in [0.29, 0.717) is 12.8 Å². The molecule has 3 rings (SSSR count). The zero-order valence-electron chi connectivity index (χ0n) is 63.7. The van der Waals surface area contributed by atoms with Gasteiger partial charge in [-0.3, -0.25) is 4.79 Å². The Bertz CT molecular complexity index is 1960. The Morgan fingerprint density at radius 2 is 0.653 bits per heavy atom. The maximum atomic E-state index is 13.5. The van der Waals surface area contributed by atoms with Crippen LogP contribution in [0.15, 0.2) is 36.5 Å². The summed E-state index contributed by atoms with van der Waals surface area (Å²) >= 11 is 0. The molecule has 0 spiro atoms. The second-order valence-electron chi connectivity index (χ2n) is 29.9. The number of nitrogens with one attached hydrogen (secondary N) is 1. The summed E-state index contributed by atoms with van der Waals surface area (Å²) in [7, 11) is 0. The SMILES string of the molecule is CCCCCCC/C=C\C/C=C\C/C=C\CCCCCCCCCCCCCCCCCCC(=O)NC(COC1OC(CO)C(OC2OC(CO)C(OC3OC(CO)C(O)C(O)C3O)C(O)C2O)C(O)C1O)C(O)CCCCCCCCCCCCCCCCCCCCCCCCCCC. The van der Waals surface area contributed by atoms with E-state index in [1.165, 1.54) is 257 Å². The van der Waals surface area contributed by atoms with Crippen LogP contribution >= 0.6 is 0 Å². The minimum atomic E-state index is -1.97. The van der Waals surface area contributed by atoms with Gasteiger partial charge >= 0.3 is 0 Å². The van der Waals surface area contributed by atoms with Crippen LogP contribution in [0.2, 0.25) is 0 Å². The van der Waals surface area contributed by atoms with Crippen LogP contribution in [0.5, 0.6) is 0 Å². The average molecular weight is 1440 g/mol. The topological polar surface area (TPSA) is 307 Å². The highest BCUT2D eigenvalue weighted by molar-refractivity contribution is 5.76. The molecule has 0 aromatic carbocycles. The van der Waals surface area contributed by atoms with E-state index in [0.717, 1.165) is 57.8 Å². The van der Waals surface area contributed by atoms with Gasteiger partial charge in [-0.2, -0.15) is 0 Å². The molecule has 3 saturated heterocycles. The molecular formula is C82H153NO18. The average Bonchev–Trinajstić information content (AvgIpc) is 0.792. The summed E-state index contributed by atoms with van der Waals surface area (Å²) in [5.74, 6) is -0.237. The van der Waals surface area contributed by atoms with Crippen LogP contribution < -0.4 is 5.32 Å². The van der Waals surface area contributed by atoms with Crippen molar-refractivity contribution < 1.29 is 89.4 Å². The first kappa shape index (κ1) is 93.2. The Balaban J connectivity index is 1.35. The lowest BCUT2D eigenvalue weighted by Crippen LogP contribution is -2.66. The van der Waals surface area contributed by atoms with Crippen molar-refractivity contribution in [1.82, 2.24) is 5.32 Å². The number of rotatable bonds is 67. The van der Waals surface area contributed by atoms with Crippen LogP contribution in [0.25, 0.3) is 0 Å². The zero-order chi connectivity index (χ0) is 73.2. The van der Waals surface area contributed by atoms with Gasteiger partial charge in [0.05, 0.1) is 38.6 Å². The van der Waals surface area contributed by atoms with Gasteiger partial charge < -0.3 is 89.9 Å². The Morgan fingerprint density at radius 1 is 0.356 bits per heavy atom. The molecule has 3 fully saturated rings. The molecule has 1 amide bonds. The van der Waals surface area contributed by atoms with E-state index in [9.17, 15) is 61.0 Å². The van der Waals surface area contributed by atoms with Crippen LogP contribution in [0.1, 0.15) is 348 Å². The minimum absolute atomic E-state index is 0.237. The van der Waals surface area contributed by atoms with Crippen LogP contribution in [-0.4, -0.2) is 193 Å². The van der Waals surface area contributed by atoms with Gasteiger partial charge in [0.25, 0.3) is 0 Å². The van der Waals surface area contributed by atoms with Crippen molar-refractivity contribution in [3.63, 3.8) is 0 Å². The van der Waals surface area contributed by atoms with E-state index < -0.39 is 124 Å². The fourth-order valence-electron chi connectivity index (χ4n) is 14.3. The maximum absolute atomic E-state index is 13.5. The Kier molecular flexibility index (Phi) is 58.1. The second-order valence-corrected chi connectivity index (χ2v) is 29.9. The monoisotopic (exact) mass is 1440 g/mol. The maximum Gasteiger partial charge on any atom is 0.220 e. The first-order valence-electron chi connectivity index (χ1n) is 41.7. The molecule has 0 radical (unpaired) electrons. The van der Waals surface area contributed by atoms with E-state index in [-0.39, 0.29) is 18.9 Å². The number of aliphatic hydroxyl groups excluding tert-OH is 11. The highest BCUT2D eigenvalue weighted by atomic mass is 16.8. The standard InChI is InChI=1S/C82H153NO18/c1-3-5-7-9-11-13-15-17-19-21-23-25-27-29-30-31-32-33-34-36-38-40-42-44-46-48-50-52-54-56-58-60-70(88)83-65(66(87)59-57-55-53-51-49-47-45-43-41-39-37-35-28-26-24-22-20-18-16-14-12-10-8-6-4-2)64-96-80-76(94)73(91)78(68(62-85)98-80)101-82-77(95)74(92)79(69(63-86)99-82)100-81-75(93)72(90)71(89)67(61-84)97-81/h15,17,21,23,27,29,65-69,71-82,84-87,89-95H,3-14,16,18-20,22,24-26,28,30-64H2,1-2H3,(H,83,88)/b17-15-,23-21-,29-27-. The van der Waals surface area contributed by atoms with Crippen molar-refractivity contribution >= 4 is 5.91 Å². The van der Waals surface area contributed by atoms with Crippen molar-refractivity contribution in [2.45, 2.75) is 452 Å². The number of carbonyl (C=O) groups excluding carboxylic acids is 1. The molecular weight excluding hydrogens is 1290 g/mol. The molecule has 0 bridgehead atoms. The molecule has 17 atom stereocenters. The highest BCUT2D eigenvalue weighted by Gasteiger charge is 2.54. The van der Waals surface area contributed by atoms with E-state index in [1.54, 1.807) is 0 Å². The normalized spacial score (nSPS) is 26.4. The van der Waals surface area contributed by atoms with Crippen LogP contribution in [0.4, 0.5) is 0 Å². The van der Waals surface area contributed by atoms with Gasteiger partial charge in [0.1, 0.15) is 73.2 Å². The van der Waals surface area contributed by atoms with Crippen molar-refractivity contribution in [2.75, 3.05) is 26.4 Å². The number of amides is 1. The lowest BCUT2D eigenvalue weighted by atomic mass is 9.96. The third-order valence-electron chi connectivity index (χ3n) is 21.0. The van der Waals surface area contributed by atoms with Crippen molar-refractivity contribution in [3.05, 3.63) is 36.5 Å². The van der Waals surface area contributed by atoms with Crippen LogP contribution in [0, 0.1) is 0 Å². The zero-order valence-corrected chi connectivity index (χ0v) is 63.7. The third-order valence-corrected chi connectivity index (χ3v) is 21.0. The quantitative estimate of drug-likeness (QED) is 0.0199. The van der Waals surface area contributed by atoms with Crippen LogP contribution in [0.3, 0.4) is 0 Å². The molecule has 594 valence electrons. The number of hydrogen-bond acceptors (Lipinski definition) is 18. The lowest BCUT2D eigenvalue weighted by molar-refractivity contribution is -0.379. The molecule has 3 aliphatic rings. The first-order chi connectivity index (χ1) is 49.3. The van der Waals surface area contributed by atoms with Crippen molar-refractivity contribution in [1.29, 1.82) is 0 Å². The molecule has 19 nitrogen and oxygen atoms in total. The van der Waals surface area contributed by atoms with E-state index >= 15 is 0 Å². The molecule has 0 aromatic rings. The van der Waals surface area contributed by atoms with E-state index in [4.69, 9.17) is 28.4 Å². The number of aliphatic hydroxyl groups is 11. The summed E-state index contributed by atoms with van der Waals surface area (Å²) in [6.45, 7) is 1.85. The van der Waals surface area contributed by atoms with Crippen LogP contribution in [-0.2, 0) is 33.2 Å². The van der Waals surface area contributed by atoms with Gasteiger partial charge in [-0.25, -0.2) is 0 Å². The summed E-state index contributed by atoms with van der Waals surface area (Å²) in [5, 5.41) is 121. The smallest absolute Gasteiger partial charge is 0.220 e. The number of carbonyl (C=O) groups is 1. The van der Waals surface area contributed by atoms with Gasteiger partial charge in [0, 0.05) is 6.42 Å². The summed E-state index contributed by atoms with van der Waals surface area (Å²) in [6.07, 6.45) is 50.9. The largest absolute Gasteiger partial charge is 0.394 e. The van der Waals surface area contributed by atoms with Crippen molar-refractivity contribution in [2.24, 2.45) is 0 Å². The lowest BCUT2D eigenvalue weighted by Gasteiger charge is -2.48. The molecule has 0 aromatic heterocycles. The molecule has 3 aliphatic heterocycles. The Morgan fingerprint density at radius 3 is 1.02 bits per heavy atom. The van der Waals surface area contributed by atoms with Gasteiger partial charge in [0.15, 0.2) is 18.9 Å². The van der Waals surface area contributed by atoms with Gasteiger partial charge in [-0.05, 0) is 51.4 Å². The number of hydrogen-bond donors (Lipinski definition) is 12. The van der Waals surface area contributed by atoms with Gasteiger partial charge in [-0.1, -0.05) is 326 Å². The molecule has 12 N–H and O–H groups in total. The Labute approximate surface area is 612 Å². The van der Waals surface area contributed by atoms with Gasteiger partial charge in [-0.15, -0.1) is 0 Å². The molecule has 101 heavy (non-hydrogen) atoms. The molecule has 3 heterocycles. The fourth-order valence-corrected chi connectivity index (χ4v) is 14.3. The first-order valence-corrected chi connectivity index (χ1v) is 41.7. The molecule has 17 unspecified atom stereocenters. The van der Waals surface area contributed by atoms with E-state index in [1.807, 2.05) is 0 Å². The van der Waals surface area contributed by atoms with Crippen molar-refractivity contribution in [3.8, 4) is 0 Å². The summed E-state index contributed by atoms with van der Waals surface area (Å²) < 4.78 is 34.6. The minimum Gasteiger partial charge on any atom is -0.394 e. The number of allylic oxidation sites excluding steroid dienone is 6. The summed E-state index contributed by atoms with van der Waals surface area (Å²) in [5.41, 5.74) is 0. The highest BCUT2D eigenvalue weighted by Crippen LogP contribution is 2.33. The summed E-state index contributed by atoms with van der Waals surface area (Å²) in [4.78, 5) is 13.5. The summed E-state index contributed by atoms with van der Waals surface area (Å²) in [6, 6.07) is -0.888. The predicted molar refractivity (Wildman–Crippen MR) is 402 cm³/mol. The predicted octanol–water partition coefficient (Wildman–Crippen LogP) is 14.3. The number of ether oxygens (including phenoxy) is 6. The number of unbranched alkanes of at least 4 members (excludes halogenated alkanes) is 45. The Hall–Kier alpha value is -1.99. The molecule has 0 aliphatic carbocycles. The second kappa shape index (κ2) is 63.0. The van der Waals surface area contributed by atoms with Gasteiger partial charge in [0.2, 0.25) is 5.91 Å². The fraction of sp³-hybridized carbons (Fsp3) is 0.915. The third kappa shape index (κ3) is 43.0.